The van der Waals surface area contributed by atoms with Crippen molar-refractivity contribution in [3.63, 3.8) is 0 Å². The van der Waals surface area contributed by atoms with Crippen LogP contribution in [-0.2, 0) is 4.79 Å². The van der Waals surface area contributed by atoms with E-state index in [4.69, 9.17) is 10.7 Å². The van der Waals surface area contributed by atoms with Gasteiger partial charge in [-0.15, -0.1) is 0 Å². The summed E-state index contributed by atoms with van der Waals surface area (Å²) in [7, 11) is 0. The van der Waals surface area contributed by atoms with Crippen LogP contribution in [0.15, 0.2) is 61.2 Å². The lowest BCUT2D eigenvalue weighted by molar-refractivity contribution is -0.129. The summed E-state index contributed by atoms with van der Waals surface area (Å²) in [6.45, 7) is 5.04. The molecule has 2 fully saturated rings. The Bertz CT molecular complexity index is 1390. The molecule has 37 heavy (non-hydrogen) atoms. The number of carbonyl (C=O) groups excluding carboxylic acids is 1. The zero-order chi connectivity index (χ0) is 25.2. The summed E-state index contributed by atoms with van der Waals surface area (Å²) in [5, 5.41) is 3.38. The van der Waals surface area contributed by atoms with Crippen LogP contribution < -0.4 is 20.9 Å². The van der Waals surface area contributed by atoms with E-state index in [1.807, 2.05) is 27.6 Å². The molecule has 10 nitrogen and oxygen atoms in total. The Hall–Kier alpha value is -4.34. The highest BCUT2D eigenvalue weighted by molar-refractivity contribution is 5.84. The van der Waals surface area contributed by atoms with Crippen LogP contribution in [0, 0.1) is 0 Å². The summed E-state index contributed by atoms with van der Waals surface area (Å²) >= 11 is 0. The van der Waals surface area contributed by atoms with Crippen LogP contribution in [0.5, 0.6) is 0 Å². The van der Waals surface area contributed by atoms with E-state index >= 15 is 0 Å². The van der Waals surface area contributed by atoms with Gasteiger partial charge in [0.15, 0.2) is 11.5 Å². The fraction of sp³-hybridized carbons (Fsp3) is 0.333. The van der Waals surface area contributed by atoms with E-state index in [-0.39, 0.29) is 12.5 Å². The Balaban J connectivity index is 1.16. The number of benzene rings is 1. The number of hydrogen-bond acceptors (Lipinski definition) is 8. The maximum absolute atomic E-state index is 13.1. The van der Waals surface area contributed by atoms with Crippen LogP contribution in [0.1, 0.15) is 12.8 Å². The molecule has 3 aromatic heterocycles. The molecule has 0 aliphatic carbocycles. The fourth-order valence-corrected chi connectivity index (χ4v) is 5.19. The number of aromatic nitrogens is 4. The van der Waals surface area contributed by atoms with Gasteiger partial charge in [0.1, 0.15) is 11.5 Å². The summed E-state index contributed by atoms with van der Waals surface area (Å²) in [4.78, 5) is 33.0. The number of hydrogen-bond donors (Lipinski definition) is 2. The van der Waals surface area contributed by atoms with E-state index in [9.17, 15) is 4.79 Å². The third kappa shape index (κ3) is 4.62. The van der Waals surface area contributed by atoms with Crippen molar-refractivity contribution in [3.05, 3.63) is 61.2 Å². The van der Waals surface area contributed by atoms with E-state index < -0.39 is 0 Å². The molecule has 0 saturated carbocycles. The molecule has 2 aliphatic heterocycles. The van der Waals surface area contributed by atoms with E-state index in [0.717, 1.165) is 41.6 Å². The average Bonchev–Trinajstić information content (AvgIpc) is 3.61. The molecule has 1 aromatic carbocycles. The summed E-state index contributed by atoms with van der Waals surface area (Å²) in [6.07, 6.45) is 9.57. The first-order valence-electron chi connectivity index (χ1n) is 12.8. The number of pyridine rings is 1. The lowest BCUT2D eigenvalue weighted by Gasteiger charge is -2.35. The van der Waals surface area contributed by atoms with E-state index in [0.29, 0.717) is 31.9 Å². The molecule has 6 rings (SSSR count). The summed E-state index contributed by atoms with van der Waals surface area (Å²) in [5.41, 5.74) is 10.5. The quantitative estimate of drug-likeness (QED) is 0.419. The minimum atomic E-state index is 0.0491. The smallest absolute Gasteiger partial charge is 0.242 e. The fourth-order valence-electron chi connectivity index (χ4n) is 5.19. The molecule has 0 unspecified atom stereocenters. The number of nitrogens with one attached hydrogen (secondary N) is 1. The standard InChI is InChI=1S/C27H31N9O/c28-22-4-3-9-30-26(22)35-16-14-34(15-17-35)24(37)19-31-27-25(32-23-18-29-10-13-36(23)27)20-5-7-21(8-6-20)33-11-1-2-12-33/h3-10,13,18,31H,1-2,11-12,14-17,19,28H2. The van der Waals surface area contributed by atoms with Crippen LogP contribution in [0.4, 0.5) is 23.0 Å². The zero-order valence-electron chi connectivity index (χ0n) is 20.8. The van der Waals surface area contributed by atoms with Gasteiger partial charge in [-0.05, 0) is 37.1 Å². The number of rotatable bonds is 6. The molecular weight excluding hydrogens is 466 g/mol. The predicted molar refractivity (Wildman–Crippen MR) is 146 cm³/mol. The Morgan fingerprint density at radius 2 is 1.73 bits per heavy atom. The number of nitrogen functional groups attached to an aromatic ring is 1. The van der Waals surface area contributed by atoms with Crippen molar-refractivity contribution >= 4 is 34.6 Å². The number of piperazine rings is 1. The SMILES string of the molecule is Nc1cccnc1N1CCN(C(=O)CNc2c(-c3ccc(N4CCCC4)cc3)nc3cnccn23)CC1. The summed E-state index contributed by atoms with van der Waals surface area (Å²) < 4.78 is 1.95. The second-order valence-corrected chi connectivity index (χ2v) is 9.49. The highest BCUT2D eigenvalue weighted by atomic mass is 16.2. The van der Waals surface area contributed by atoms with Crippen molar-refractivity contribution in [1.82, 2.24) is 24.3 Å². The number of imidazole rings is 1. The molecule has 1 amide bonds. The highest BCUT2D eigenvalue weighted by Gasteiger charge is 2.24. The molecule has 0 atom stereocenters. The van der Waals surface area contributed by atoms with Crippen molar-refractivity contribution in [1.29, 1.82) is 0 Å². The molecule has 10 heteroatoms. The van der Waals surface area contributed by atoms with Crippen LogP contribution in [-0.4, -0.2) is 76.0 Å². The van der Waals surface area contributed by atoms with E-state index in [1.165, 1.54) is 18.5 Å². The van der Waals surface area contributed by atoms with Crippen molar-refractivity contribution in [2.75, 3.05) is 66.7 Å². The van der Waals surface area contributed by atoms with Crippen molar-refractivity contribution in [2.45, 2.75) is 12.8 Å². The third-order valence-electron chi connectivity index (χ3n) is 7.20. The molecular formula is C27H31N9O. The van der Waals surface area contributed by atoms with Gasteiger partial charge in [-0.25, -0.2) is 9.97 Å². The monoisotopic (exact) mass is 497 g/mol. The molecule has 2 aliphatic rings. The largest absolute Gasteiger partial charge is 0.396 e. The Kier molecular flexibility index (Phi) is 6.21. The first-order chi connectivity index (χ1) is 18.2. The second kappa shape index (κ2) is 9.96. The molecule has 190 valence electrons. The minimum Gasteiger partial charge on any atom is -0.396 e. The van der Waals surface area contributed by atoms with Crippen molar-refractivity contribution in [2.24, 2.45) is 0 Å². The molecule has 2 saturated heterocycles. The maximum atomic E-state index is 13.1. The topological polar surface area (TPSA) is 108 Å². The van der Waals surface area contributed by atoms with Gasteiger partial charge in [0.2, 0.25) is 5.91 Å². The van der Waals surface area contributed by atoms with Gasteiger partial charge < -0.3 is 25.8 Å². The number of fused-ring (bicyclic) bond motifs is 1. The van der Waals surface area contributed by atoms with Gasteiger partial charge in [-0.3, -0.25) is 14.2 Å². The third-order valence-corrected chi connectivity index (χ3v) is 7.20. The Morgan fingerprint density at radius 3 is 2.49 bits per heavy atom. The zero-order valence-corrected chi connectivity index (χ0v) is 20.8. The summed E-state index contributed by atoms with van der Waals surface area (Å²) in [6, 6.07) is 12.2. The van der Waals surface area contributed by atoms with E-state index in [1.54, 1.807) is 18.6 Å². The molecule has 0 spiro atoms. The lowest BCUT2D eigenvalue weighted by atomic mass is 10.1. The van der Waals surface area contributed by atoms with Gasteiger partial charge >= 0.3 is 0 Å². The molecule has 0 bridgehead atoms. The number of nitrogens with zero attached hydrogens (tertiary/aromatic N) is 7. The van der Waals surface area contributed by atoms with Gasteiger partial charge in [0.25, 0.3) is 0 Å². The summed E-state index contributed by atoms with van der Waals surface area (Å²) in [5.74, 6) is 1.63. The number of amides is 1. The average molecular weight is 498 g/mol. The van der Waals surface area contributed by atoms with Gasteiger partial charge in [-0.1, -0.05) is 12.1 Å². The molecule has 3 N–H and O–H groups in total. The van der Waals surface area contributed by atoms with Gasteiger partial charge in [0, 0.05) is 69.1 Å². The first kappa shape index (κ1) is 23.1. The number of carbonyl (C=O) groups is 1. The number of nitrogens with two attached hydrogens (primary N) is 1. The Labute approximate surface area is 215 Å². The molecule has 4 aromatic rings. The highest BCUT2D eigenvalue weighted by Crippen LogP contribution is 2.31. The predicted octanol–water partition coefficient (Wildman–Crippen LogP) is 2.73. The van der Waals surface area contributed by atoms with Crippen LogP contribution >= 0.6 is 0 Å². The first-order valence-corrected chi connectivity index (χ1v) is 12.8. The molecule has 0 radical (unpaired) electrons. The van der Waals surface area contributed by atoms with Crippen LogP contribution in [0.2, 0.25) is 0 Å². The second-order valence-electron chi connectivity index (χ2n) is 9.49. The van der Waals surface area contributed by atoms with E-state index in [2.05, 4.69) is 49.4 Å². The van der Waals surface area contributed by atoms with Crippen LogP contribution in [0.3, 0.4) is 0 Å². The van der Waals surface area contributed by atoms with Gasteiger partial charge in [0.05, 0.1) is 18.4 Å². The Morgan fingerprint density at radius 1 is 0.946 bits per heavy atom. The van der Waals surface area contributed by atoms with Gasteiger partial charge in [-0.2, -0.15) is 0 Å². The van der Waals surface area contributed by atoms with Crippen molar-refractivity contribution < 1.29 is 4.79 Å². The minimum absolute atomic E-state index is 0.0491. The number of anilines is 4. The van der Waals surface area contributed by atoms with Crippen LogP contribution in [0.25, 0.3) is 16.9 Å². The maximum Gasteiger partial charge on any atom is 0.242 e. The van der Waals surface area contributed by atoms with Crippen molar-refractivity contribution in [3.8, 4) is 11.3 Å². The lowest BCUT2D eigenvalue weighted by Crippen LogP contribution is -2.50. The normalized spacial score (nSPS) is 15.9. The molecule has 5 heterocycles.